The summed E-state index contributed by atoms with van der Waals surface area (Å²) in [6.45, 7) is 0. The van der Waals surface area contributed by atoms with E-state index in [0.717, 1.165) is 5.69 Å². The number of nitriles is 1. The number of fused-ring (bicyclic) bond motifs is 1. The van der Waals surface area contributed by atoms with Gasteiger partial charge in [0, 0.05) is 18.8 Å². The van der Waals surface area contributed by atoms with Crippen LogP contribution < -0.4 is 5.32 Å². The van der Waals surface area contributed by atoms with Crippen molar-refractivity contribution in [3.8, 4) is 6.07 Å². The Morgan fingerprint density at radius 3 is 3.08 bits per heavy atom. The van der Waals surface area contributed by atoms with Gasteiger partial charge in [-0.15, -0.1) is 0 Å². The highest BCUT2D eigenvalue weighted by molar-refractivity contribution is 5.77. The fraction of sp³-hybridized carbons (Fsp3) is 0.111. The first kappa shape index (κ1) is 7.62. The minimum absolute atomic E-state index is 0.100. The Balaban J connectivity index is 2.65. The lowest BCUT2D eigenvalue weighted by Gasteiger charge is -1.96. The van der Waals surface area contributed by atoms with Gasteiger partial charge in [0.2, 0.25) is 0 Å². The predicted octanol–water partition coefficient (Wildman–Crippen LogP) is 1.74. The van der Waals surface area contributed by atoms with Gasteiger partial charge in [-0.25, -0.2) is 0 Å². The highest BCUT2D eigenvalue weighted by atomic mass is 16.3. The summed E-state index contributed by atoms with van der Waals surface area (Å²) in [5.74, 6) is 0.100. The Hall–Kier alpha value is -2.02. The summed E-state index contributed by atoms with van der Waals surface area (Å²) in [7, 11) is 1.82. The predicted molar refractivity (Wildman–Crippen MR) is 48.3 cm³/mol. The standard InChI is InChI=1S/C9H7N3O/c1-11-6-2-3-7-8(4-6)13-9(5-10)12-7/h2-4,11H,1H3. The number of oxazole rings is 1. The molecule has 0 aliphatic carbocycles. The van der Waals surface area contributed by atoms with E-state index in [1.807, 2.05) is 31.3 Å². The molecule has 0 fully saturated rings. The Bertz CT molecular complexity index is 481. The molecule has 1 N–H and O–H groups in total. The van der Waals surface area contributed by atoms with E-state index in [1.165, 1.54) is 0 Å². The first-order valence-corrected chi connectivity index (χ1v) is 3.82. The van der Waals surface area contributed by atoms with E-state index >= 15 is 0 Å². The number of anilines is 1. The Morgan fingerprint density at radius 1 is 1.54 bits per heavy atom. The molecule has 0 saturated heterocycles. The summed E-state index contributed by atoms with van der Waals surface area (Å²) in [4.78, 5) is 3.95. The third kappa shape index (κ3) is 1.20. The van der Waals surface area contributed by atoms with E-state index in [4.69, 9.17) is 9.68 Å². The average molecular weight is 173 g/mol. The van der Waals surface area contributed by atoms with E-state index in [-0.39, 0.29) is 5.89 Å². The zero-order chi connectivity index (χ0) is 9.26. The van der Waals surface area contributed by atoms with Crippen LogP contribution in [0, 0.1) is 11.3 Å². The maximum atomic E-state index is 8.54. The van der Waals surface area contributed by atoms with Gasteiger partial charge in [-0.3, -0.25) is 0 Å². The summed E-state index contributed by atoms with van der Waals surface area (Å²) in [5.41, 5.74) is 2.27. The molecular formula is C9H7N3O. The van der Waals surface area contributed by atoms with Gasteiger partial charge >= 0.3 is 5.89 Å². The molecule has 0 spiro atoms. The molecule has 1 aromatic heterocycles. The minimum atomic E-state index is 0.100. The van der Waals surface area contributed by atoms with Gasteiger partial charge in [0.1, 0.15) is 5.52 Å². The molecule has 0 saturated carbocycles. The third-order valence-corrected chi connectivity index (χ3v) is 1.77. The summed E-state index contributed by atoms with van der Waals surface area (Å²) in [5, 5.41) is 11.5. The smallest absolute Gasteiger partial charge is 0.301 e. The molecule has 4 nitrogen and oxygen atoms in total. The van der Waals surface area contributed by atoms with E-state index in [9.17, 15) is 0 Å². The molecule has 0 radical (unpaired) electrons. The Kier molecular flexibility index (Phi) is 1.64. The zero-order valence-electron chi connectivity index (χ0n) is 7.03. The second-order valence-electron chi connectivity index (χ2n) is 2.56. The molecule has 4 heteroatoms. The molecule has 0 bridgehead atoms. The lowest BCUT2D eigenvalue weighted by Crippen LogP contribution is -1.85. The van der Waals surface area contributed by atoms with Crippen molar-refractivity contribution in [2.24, 2.45) is 0 Å². The second-order valence-corrected chi connectivity index (χ2v) is 2.56. The number of aromatic nitrogens is 1. The molecule has 0 unspecified atom stereocenters. The Labute approximate surface area is 74.8 Å². The van der Waals surface area contributed by atoms with Crippen molar-refractivity contribution >= 4 is 16.8 Å². The lowest BCUT2D eigenvalue weighted by molar-refractivity contribution is 0.584. The number of benzene rings is 1. The molecule has 1 heterocycles. The molecule has 0 aliphatic heterocycles. The van der Waals surface area contributed by atoms with Crippen molar-refractivity contribution < 1.29 is 4.42 Å². The van der Waals surface area contributed by atoms with Crippen LogP contribution in [-0.2, 0) is 0 Å². The van der Waals surface area contributed by atoms with Crippen LogP contribution in [0.3, 0.4) is 0 Å². The number of rotatable bonds is 1. The van der Waals surface area contributed by atoms with Crippen LogP contribution in [-0.4, -0.2) is 12.0 Å². The van der Waals surface area contributed by atoms with Crippen molar-refractivity contribution in [1.82, 2.24) is 4.98 Å². The van der Waals surface area contributed by atoms with Gasteiger partial charge in [-0.2, -0.15) is 10.2 Å². The fourth-order valence-electron chi connectivity index (χ4n) is 1.13. The molecular weight excluding hydrogens is 166 g/mol. The molecule has 0 aliphatic rings. The zero-order valence-corrected chi connectivity index (χ0v) is 7.03. The van der Waals surface area contributed by atoms with Crippen molar-refractivity contribution in [2.45, 2.75) is 0 Å². The molecule has 0 amide bonds. The molecule has 64 valence electrons. The molecule has 13 heavy (non-hydrogen) atoms. The van der Waals surface area contributed by atoms with Gasteiger partial charge < -0.3 is 9.73 Å². The number of hydrogen-bond donors (Lipinski definition) is 1. The largest absolute Gasteiger partial charge is 0.428 e. The topological polar surface area (TPSA) is 61.9 Å². The molecule has 1 aromatic carbocycles. The SMILES string of the molecule is CNc1ccc2nc(C#N)oc2c1. The minimum Gasteiger partial charge on any atom is -0.428 e. The highest BCUT2D eigenvalue weighted by Gasteiger charge is 2.04. The van der Waals surface area contributed by atoms with Gasteiger partial charge in [0.15, 0.2) is 11.7 Å². The fourth-order valence-corrected chi connectivity index (χ4v) is 1.13. The van der Waals surface area contributed by atoms with Gasteiger partial charge in [0.05, 0.1) is 0 Å². The van der Waals surface area contributed by atoms with E-state index in [1.54, 1.807) is 0 Å². The first-order valence-electron chi connectivity index (χ1n) is 3.82. The van der Waals surface area contributed by atoms with Crippen LogP contribution in [0.4, 0.5) is 5.69 Å². The van der Waals surface area contributed by atoms with Crippen molar-refractivity contribution in [2.75, 3.05) is 12.4 Å². The normalized spacial score (nSPS) is 9.85. The number of hydrogen-bond acceptors (Lipinski definition) is 4. The van der Waals surface area contributed by atoms with Crippen LogP contribution in [0.1, 0.15) is 5.89 Å². The maximum Gasteiger partial charge on any atom is 0.301 e. The summed E-state index contributed by atoms with van der Waals surface area (Å²) >= 11 is 0. The molecule has 2 aromatic rings. The van der Waals surface area contributed by atoms with Crippen molar-refractivity contribution in [1.29, 1.82) is 5.26 Å². The van der Waals surface area contributed by atoms with Gasteiger partial charge in [-0.1, -0.05) is 0 Å². The number of nitrogens with zero attached hydrogens (tertiary/aromatic N) is 2. The summed E-state index contributed by atoms with van der Waals surface area (Å²) in [6, 6.07) is 7.36. The third-order valence-electron chi connectivity index (χ3n) is 1.77. The van der Waals surface area contributed by atoms with Crippen molar-refractivity contribution in [3.63, 3.8) is 0 Å². The lowest BCUT2D eigenvalue weighted by atomic mass is 10.3. The average Bonchev–Trinajstić information content (AvgIpc) is 2.58. The second kappa shape index (κ2) is 2.79. The first-order chi connectivity index (χ1) is 6.33. The van der Waals surface area contributed by atoms with Gasteiger partial charge in [0.25, 0.3) is 0 Å². The Morgan fingerprint density at radius 2 is 2.38 bits per heavy atom. The quantitative estimate of drug-likeness (QED) is 0.713. The summed E-state index contributed by atoms with van der Waals surface area (Å²) < 4.78 is 5.15. The maximum absolute atomic E-state index is 8.54. The molecule has 2 rings (SSSR count). The van der Waals surface area contributed by atoms with E-state index in [0.29, 0.717) is 11.1 Å². The number of nitrogens with one attached hydrogen (secondary N) is 1. The van der Waals surface area contributed by atoms with Crippen molar-refractivity contribution in [3.05, 3.63) is 24.1 Å². The summed E-state index contributed by atoms with van der Waals surface area (Å²) in [6.07, 6.45) is 0. The van der Waals surface area contributed by atoms with Crippen LogP contribution in [0.25, 0.3) is 11.1 Å². The van der Waals surface area contributed by atoms with Gasteiger partial charge in [-0.05, 0) is 12.1 Å². The van der Waals surface area contributed by atoms with Crippen LogP contribution >= 0.6 is 0 Å². The van der Waals surface area contributed by atoms with Crippen LogP contribution in [0.2, 0.25) is 0 Å². The van der Waals surface area contributed by atoms with E-state index < -0.39 is 0 Å². The monoisotopic (exact) mass is 173 g/mol. The van der Waals surface area contributed by atoms with Crippen LogP contribution in [0.5, 0.6) is 0 Å². The highest BCUT2D eigenvalue weighted by Crippen LogP contribution is 2.19. The van der Waals surface area contributed by atoms with E-state index in [2.05, 4.69) is 10.3 Å². The van der Waals surface area contributed by atoms with Crippen LogP contribution in [0.15, 0.2) is 22.6 Å². The molecule has 0 atom stereocenters.